The molecule has 0 aliphatic carbocycles. The van der Waals surface area contributed by atoms with E-state index < -0.39 is 0 Å². The Bertz CT molecular complexity index is 584. The number of hydrogen-bond acceptors (Lipinski definition) is 3. The molecule has 0 amide bonds. The van der Waals surface area contributed by atoms with Gasteiger partial charge in [0.2, 0.25) is 0 Å². The van der Waals surface area contributed by atoms with E-state index in [1.807, 2.05) is 31.4 Å². The van der Waals surface area contributed by atoms with Gasteiger partial charge in [-0.25, -0.2) is 0 Å². The Morgan fingerprint density at radius 3 is 1.17 bits per heavy atom. The van der Waals surface area contributed by atoms with Crippen LogP contribution >= 0.6 is 31.4 Å². The quantitative estimate of drug-likeness (QED) is 0.392. The van der Waals surface area contributed by atoms with Crippen molar-refractivity contribution < 1.29 is 0 Å². The fourth-order valence-electron chi connectivity index (χ4n) is 3.08. The van der Waals surface area contributed by atoms with Crippen LogP contribution in [0.5, 0.6) is 0 Å². The Morgan fingerprint density at radius 1 is 0.565 bits per heavy atom. The van der Waals surface area contributed by atoms with Gasteiger partial charge in [0.25, 0.3) is 0 Å². The first-order chi connectivity index (χ1) is 10.9. The summed E-state index contributed by atoms with van der Waals surface area (Å²) >= 11 is 0. The molecule has 0 radical (unpaired) electrons. The van der Waals surface area contributed by atoms with Gasteiger partial charge in [0.15, 0.2) is 0 Å². The summed E-state index contributed by atoms with van der Waals surface area (Å²) in [6, 6.07) is 9.17. The lowest BCUT2D eigenvalue weighted by atomic mass is 10.0. The van der Waals surface area contributed by atoms with Gasteiger partial charge in [-0.1, -0.05) is 57.0 Å². The minimum absolute atomic E-state index is 1.08. The first-order valence-electron chi connectivity index (χ1n) is 7.93. The van der Waals surface area contributed by atoms with Gasteiger partial charge in [-0.2, -0.15) is 0 Å². The Morgan fingerprint density at radius 2 is 0.870 bits per heavy atom. The largest absolute Gasteiger partial charge is 0.0777 e. The van der Waals surface area contributed by atoms with Crippen LogP contribution in [0.4, 0.5) is 0 Å². The van der Waals surface area contributed by atoms with Crippen LogP contribution in [-0.4, -0.2) is 0 Å². The third kappa shape index (κ3) is 5.23. The minimum atomic E-state index is 1.08. The van der Waals surface area contributed by atoms with Crippen LogP contribution in [0.1, 0.15) is 44.5 Å². The van der Waals surface area contributed by atoms with Gasteiger partial charge in [-0.3, -0.25) is 0 Å². The molecule has 0 saturated heterocycles. The third-order valence-electron chi connectivity index (χ3n) is 4.18. The minimum Gasteiger partial charge on any atom is -0.0777 e. The van der Waals surface area contributed by atoms with Gasteiger partial charge in [0, 0.05) is 11.5 Å². The number of aryl methyl sites for hydroxylation is 6. The molecule has 0 aliphatic rings. The molecule has 0 nitrogen and oxygen atoms in total. The summed E-state index contributed by atoms with van der Waals surface area (Å²) in [4.78, 5) is 0. The van der Waals surface area contributed by atoms with E-state index in [0.717, 1.165) is 11.5 Å². The SMILES string of the molecule is Cc1cc(C)c(CSSSCc2c(C)cc(C)cc2C)c(C)c1. The topological polar surface area (TPSA) is 0 Å². The second-order valence-electron chi connectivity index (χ2n) is 6.35. The molecule has 124 valence electrons. The molecule has 0 saturated carbocycles. The highest BCUT2D eigenvalue weighted by atomic mass is 33.5. The van der Waals surface area contributed by atoms with Crippen molar-refractivity contribution in [1.82, 2.24) is 0 Å². The molecule has 0 atom stereocenters. The molecule has 2 aromatic rings. The van der Waals surface area contributed by atoms with Crippen molar-refractivity contribution in [1.29, 1.82) is 0 Å². The second kappa shape index (κ2) is 8.55. The Hall–Kier alpha value is -0.510. The summed E-state index contributed by atoms with van der Waals surface area (Å²) in [6.45, 7) is 13.3. The average Bonchev–Trinajstić information content (AvgIpc) is 2.42. The second-order valence-corrected chi connectivity index (χ2v) is 10.6. The summed E-state index contributed by atoms with van der Waals surface area (Å²) in [6.07, 6.45) is 0. The molecular weight excluding hydrogens is 336 g/mol. The lowest BCUT2D eigenvalue weighted by Gasteiger charge is -2.12. The summed E-state index contributed by atoms with van der Waals surface area (Å²) in [7, 11) is 5.83. The van der Waals surface area contributed by atoms with E-state index in [2.05, 4.69) is 65.8 Å². The van der Waals surface area contributed by atoms with Crippen molar-refractivity contribution in [3.05, 3.63) is 68.8 Å². The van der Waals surface area contributed by atoms with Crippen LogP contribution in [0.25, 0.3) is 0 Å². The fourth-order valence-corrected chi connectivity index (χ4v) is 7.06. The van der Waals surface area contributed by atoms with Gasteiger partial charge < -0.3 is 0 Å². The van der Waals surface area contributed by atoms with Gasteiger partial charge in [-0.15, -0.1) is 0 Å². The van der Waals surface area contributed by atoms with E-state index in [1.54, 1.807) is 0 Å². The summed E-state index contributed by atoms with van der Waals surface area (Å²) in [5.74, 6) is 2.17. The number of benzene rings is 2. The molecule has 2 rings (SSSR count). The van der Waals surface area contributed by atoms with Gasteiger partial charge in [0.05, 0.1) is 0 Å². The van der Waals surface area contributed by atoms with E-state index in [4.69, 9.17) is 0 Å². The van der Waals surface area contributed by atoms with Crippen LogP contribution in [-0.2, 0) is 11.5 Å². The maximum atomic E-state index is 2.29. The Kier molecular flexibility index (Phi) is 7.00. The first kappa shape index (κ1) is 18.8. The highest BCUT2D eigenvalue weighted by Gasteiger charge is 2.07. The number of hydrogen-bond donors (Lipinski definition) is 0. The number of rotatable bonds is 6. The summed E-state index contributed by atoms with van der Waals surface area (Å²) < 4.78 is 0. The highest BCUT2D eigenvalue weighted by molar-refractivity contribution is 9.09. The molecule has 0 aromatic heterocycles. The zero-order chi connectivity index (χ0) is 17.0. The maximum Gasteiger partial charge on any atom is 0.0302 e. The van der Waals surface area contributed by atoms with Crippen molar-refractivity contribution in [2.75, 3.05) is 0 Å². The van der Waals surface area contributed by atoms with Crippen LogP contribution in [0.3, 0.4) is 0 Å². The molecule has 0 fully saturated rings. The van der Waals surface area contributed by atoms with E-state index in [9.17, 15) is 0 Å². The molecule has 0 unspecified atom stereocenters. The third-order valence-corrected chi connectivity index (χ3v) is 8.21. The first-order valence-corrected chi connectivity index (χ1v) is 11.7. The predicted molar refractivity (Wildman–Crippen MR) is 111 cm³/mol. The monoisotopic (exact) mass is 362 g/mol. The fraction of sp³-hybridized carbons (Fsp3) is 0.400. The van der Waals surface area contributed by atoms with Crippen molar-refractivity contribution >= 4 is 31.4 Å². The maximum absolute atomic E-state index is 2.29. The normalized spacial score (nSPS) is 11.0. The molecule has 0 heterocycles. The lowest BCUT2D eigenvalue weighted by Crippen LogP contribution is -1.92. The zero-order valence-electron chi connectivity index (χ0n) is 14.9. The Labute approximate surface area is 153 Å². The molecule has 0 aliphatic heterocycles. The van der Waals surface area contributed by atoms with Crippen molar-refractivity contribution in [2.45, 2.75) is 53.0 Å². The molecule has 0 bridgehead atoms. The average molecular weight is 363 g/mol. The smallest absolute Gasteiger partial charge is 0.0302 e. The molecule has 0 spiro atoms. The summed E-state index contributed by atoms with van der Waals surface area (Å²) in [5, 5.41) is 0. The van der Waals surface area contributed by atoms with Gasteiger partial charge >= 0.3 is 0 Å². The Balaban J connectivity index is 1.85. The van der Waals surface area contributed by atoms with Crippen LogP contribution < -0.4 is 0 Å². The van der Waals surface area contributed by atoms with Crippen molar-refractivity contribution in [2.24, 2.45) is 0 Å². The van der Waals surface area contributed by atoms with E-state index in [-0.39, 0.29) is 0 Å². The highest BCUT2D eigenvalue weighted by Crippen LogP contribution is 2.40. The van der Waals surface area contributed by atoms with Crippen LogP contribution in [0.15, 0.2) is 24.3 Å². The predicted octanol–water partition coefficient (Wildman–Crippen LogP) is 7.27. The molecule has 0 N–H and O–H groups in total. The van der Waals surface area contributed by atoms with Crippen molar-refractivity contribution in [3.8, 4) is 0 Å². The molecule has 2 aromatic carbocycles. The molecular formula is C20H26S3. The summed E-state index contributed by atoms with van der Waals surface area (Å²) in [5.41, 5.74) is 11.4. The zero-order valence-corrected chi connectivity index (χ0v) is 17.4. The van der Waals surface area contributed by atoms with E-state index in [1.165, 1.54) is 44.5 Å². The molecule has 23 heavy (non-hydrogen) atoms. The van der Waals surface area contributed by atoms with E-state index in [0.29, 0.717) is 0 Å². The van der Waals surface area contributed by atoms with Crippen molar-refractivity contribution in [3.63, 3.8) is 0 Å². The van der Waals surface area contributed by atoms with Gasteiger partial charge in [0.1, 0.15) is 0 Å². The standard InChI is InChI=1S/C20H26S3/c1-13-7-15(3)19(16(4)8-13)11-21-23-22-12-20-17(5)9-14(2)10-18(20)6/h7-10H,11-12H2,1-6H3. The van der Waals surface area contributed by atoms with E-state index >= 15 is 0 Å². The van der Waals surface area contributed by atoms with Gasteiger partial charge in [-0.05, 0) is 84.7 Å². The lowest BCUT2D eigenvalue weighted by molar-refractivity contribution is 1.22. The molecule has 3 heteroatoms. The van der Waals surface area contributed by atoms with Crippen LogP contribution in [0, 0.1) is 41.5 Å². The van der Waals surface area contributed by atoms with Crippen LogP contribution in [0.2, 0.25) is 0 Å².